The van der Waals surface area contributed by atoms with Crippen molar-refractivity contribution in [2.24, 2.45) is 0 Å². The van der Waals surface area contributed by atoms with Crippen molar-refractivity contribution in [3.05, 3.63) is 35.5 Å². The molecule has 0 bridgehead atoms. The van der Waals surface area contributed by atoms with Gasteiger partial charge in [0.05, 0.1) is 13.7 Å². The Bertz CT molecular complexity index is 1150. The van der Waals surface area contributed by atoms with Crippen molar-refractivity contribution in [2.45, 2.75) is 57.5 Å². The number of likely N-dealkylation sites (N-methyl/N-ethyl adjacent to an activating group) is 1. The third kappa shape index (κ3) is 6.09. The van der Waals surface area contributed by atoms with E-state index in [9.17, 15) is 9.18 Å². The van der Waals surface area contributed by atoms with Gasteiger partial charge in [-0.15, -0.1) is 0 Å². The predicted molar refractivity (Wildman–Crippen MR) is 148 cm³/mol. The zero-order valence-electron chi connectivity index (χ0n) is 23.0. The van der Waals surface area contributed by atoms with E-state index in [4.69, 9.17) is 9.72 Å². The number of hydrogen-bond acceptors (Lipinski definition) is 7. The number of carbonyl (C=O) groups excluding carboxylic acids is 1. The number of rotatable bonds is 10. The number of ether oxygens (including phenoxy) is 1. The third-order valence-electron chi connectivity index (χ3n) is 8.08. The van der Waals surface area contributed by atoms with Crippen LogP contribution in [-0.4, -0.2) is 85.3 Å². The van der Waals surface area contributed by atoms with E-state index in [0.29, 0.717) is 17.3 Å². The summed E-state index contributed by atoms with van der Waals surface area (Å²) in [7, 11) is 3.49. The second-order valence-electron chi connectivity index (χ2n) is 10.8. The molecule has 0 unspecified atom stereocenters. The molecule has 2 aliphatic heterocycles. The molecule has 2 amide bonds. The number of benzene rings is 1. The maximum absolute atomic E-state index is 15.2. The average molecular weight is 544 g/mol. The standard InChI is InChI=1S/C28H39F2N7O2/c1-34-14-16-35(17-15-34)13-7-3-6-12-31-27-32-18-20-19-36(25-22(29)10-11-23(39-2)24(25)30)28(38)37(26(20)33-27)21-8-4-5-9-21/h10-11,18,21H,3-9,12-17,19H2,1-2H3,(H,31,32,33). The van der Waals surface area contributed by atoms with E-state index < -0.39 is 23.4 Å². The number of piperazine rings is 1. The lowest BCUT2D eigenvalue weighted by atomic mass is 10.1. The lowest BCUT2D eigenvalue weighted by Crippen LogP contribution is -2.52. The van der Waals surface area contributed by atoms with Crippen molar-refractivity contribution in [3.8, 4) is 5.75 Å². The van der Waals surface area contributed by atoms with Crippen LogP contribution in [0.25, 0.3) is 0 Å². The number of anilines is 3. The van der Waals surface area contributed by atoms with Crippen LogP contribution in [0.5, 0.6) is 5.75 Å². The highest BCUT2D eigenvalue weighted by Gasteiger charge is 2.40. The van der Waals surface area contributed by atoms with Gasteiger partial charge in [-0.05, 0) is 51.4 Å². The van der Waals surface area contributed by atoms with Crippen LogP contribution >= 0.6 is 0 Å². The molecule has 0 spiro atoms. The van der Waals surface area contributed by atoms with Crippen molar-refractivity contribution < 1.29 is 18.3 Å². The Hall–Kier alpha value is -3.05. The van der Waals surface area contributed by atoms with E-state index in [0.717, 1.165) is 95.2 Å². The highest BCUT2D eigenvalue weighted by Crippen LogP contribution is 2.39. The van der Waals surface area contributed by atoms with E-state index in [-0.39, 0.29) is 18.3 Å². The maximum Gasteiger partial charge on any atom is 0.330 e. The van der Waals surface area contributed by atoms with Crippen LogP contribution in [0, 0.1) is 11.6 Å². The van der Waals surface area contributed by atoms with Gasteiger partial charge in [0.25, 0.3) is 0 Å². The lowest BCUT2D eigenvalue weighted by Gasteiger charge is -2.39. The minimum atomic E-state index is -0.896. The fraction of sp³-hybridized carbons (Fsp3) is 0.607. The van der Waals surface area contributed by atoms with Crippen molar-refractivity contribution in [1.29, 1.82) is 0 Å². The summed E-state index contributed by atoms with van der Waals surface area (Å²) in [6.07, 6.45) is 8.57. The maximum atomic E-state index is 15.2. The Morgan fingerprint density at radius 2 is 1.85 bits per heavy atom. The molecule has 5 rings (SSSR count). The molecule has 9 nitrogen and oxygen atoms in total. The van der Waals surface area contributed by atoms with Crippen LogP contribution in [-0.2, 0) is 6.54 Å². The van der Waals surface area contributed by atoms with E-state index in [2.05, 4.69) is 27.1 Å². The Morgan fingerprint density at radius 1 is 1.08 bits per heavy atom. The van der Waals surface area contributed by atoms with Gasteiger partial charge in [0.15, 0.2) is 11.6 Å². The Kier molecular flexibility index (Phi) is 8.76. The topological polar surface area (TPSA) is 77.1 Å². The monoisotopic (exact) mass is 543 g/mol. The quantitative estimate of drug-likeness (QED) is 0.443. The first-order valence-corrected chi connectivity index (χ1v) is 14.1. The molecule has 212 valence electrons. The minimum absolute atomic E-state index is 0.0229. The lowest BCUT2D eigenvalue weighted by molar-refractivity contribution is 0.152. The second kappa shape index (κ2) is 12.4. The van der Waals surface area contributed by atoms with Crippen molar-refractivity contribution >= 4 is 23.5 Å². The Labute approximate surface area is 229 Å². The van der Waals surface area contributed by atoms with E-state index >= 15 is 4.39 Å². The molecule has 1 saturated carbocycles. The first kappa shape index (κ1) is 27.5. The van der Waals surface area contributed by atoms with Crippen LogP contribution in [0.3, 0.4) is 0 Å². The largest absolute Gasteiger partial charge is 0.494 e. The van der Waals surface area contributed by atoms with E-state index in [1.165, 1.54) is 13.2 Å². The summed E-state index contributed by atoms with van der Waals surface area (Å²) in [5.41, 5.74) is 0.243. The molecule has 3 heterocycles. The summed E-state index contributed by atoms with van der Waals surface area (Å²) >= 11 is 0. The predicted octanol–water partition coefficient (Wildman–Crippen LogP) is 4.48. The number of unbranched alkanes of at least 4 members (excludes halogenated alkanes) is 2. The molecule has 2 fully saturated rings. The molecule has 39 heavy (non-hydrogen) atoms. The number of methoxy groups -OCH3 is 1. The molecule has 2 aromatic rings. The molecule has 11 heteroatoms. The highest BCUT2D eigenvalue weighted by atomic mass is 19.1. The van der Waals surface area contributed by atoms with Gasteiger partial charge in [-0.2, -0.15) is 4.98 Å². The molecule has 3 aliphatic rings. The van der Waals surface area contributed by atoms with Crippen LogP contribution in [0.15, 0.2) is 18.3 Å². The molecular formula is C28H39F2N7O2. The number of aromatic nitrogens is 2. The molecule has 1 saturated heterocycles. The summed E-state index contributed by atoms with van der Waals surface area (Å²) < 4.78 is 35.1. The summed E-state index contributed by atoms with van der Waals surface area (Å²) in [6, 6.07) is 1.79. The number of carbonyl (C=O) groups is 1. The van der Waals surface area contributed by atoms with Gasteiger partial charge in [0, 0.05) is 50.5 Å². The second-order valence-corrected chi connectivity index (χ2v) is 10.8. The van der Waals surface area contributed by atoms with Gasteiger partial charge in [-0.25, -0.2) is 18.6 Å². The van der Waals surface area contributed by atoms with Gasteiger partial charge in [0.1, 0.15) is 17.3 Å². The van der Waals surface area contributed by atoms with Gasteiger partial charge in [-0.1, -0.05) is 19.3 Å². The van der Waals surface area contributed by atoms with Gasteiger partial charge < -0.3 is 19.9 Å². The third-order valence-corrected chi connectivity index (χ3v) is 8.08. The highest BCUT2D eigenvalue weighted by molar-refractivity contribution is 6.06. The van der Waals surface area contributed by atoms with Crippen molar-refractivity contribution in [1.82, 2.24) is 19.8 Å². The Balaban J connectivity index is 1.26. The number of hydrogen-bond donors (Lipinski definition) is 1. The number of amides is 2. The molecule has 1 aromatic carbocycles. The zero-order valence-corrected chi connectivity index (χ0v) is 23.0. The van der Waals surface area contributed by atoms with Gasteiger partial charge in [-0.3, -0.25) is 9.80 Å². The zero-order chi connectivity index (χ0) is 27.4. The van der Waals surface area contributed by atoms with E-state index in [1.807, 2.05) is 0 Å². The number of nitrogens with one attached hydrogen (secondary N) is 1. The van der Waals surface area contributed by atoms with Crippen LogP contribution < -0.4 is 19.9 Å². The average Bonchev–Trinajstić information content (AvgIpc) is 3.46. The summed E-state index contributed by atoms with van der Waals surface area (Å²) in [5, 5.41) is 3.31. The Morgan fingerprint density at radius 3 is 2.59 bits per heavy atom. The normalized spacial score (nSPS) is 19.0. The minimum Gasteiger partial charge on any atom is -0.494 e. The van der Waals surface area contributed by atoms with Gasteiger partial charge >= 0.3 is 6.03 Å². The van der Waals surface area contributed by atoms with Crippen molar-refractivity contribution in [2.75, 3.05) is 68.5 Å². The molecule has 1 aromatic heterocycles. The number of fused-ring (bicyclic) bond motifs is 1. The first-order chi connectivity index (χ1) is 19.0. The number of nitrogens with zero attached hydrogens (tertiary/aromatic N) is 6. The molecule has 0 radical (unpaired) electrons. The van der Waals surface area contributed by atoms with Crippen molar-refractivity contribution in [3.63, 3.8) is 0 Å². The van der Waals surface area contributed by atoms with Crippen LogP contribution in [0.2, 0.25) is 0 Å². The molecule has 1 N–H and O–H groups in total. The molecule has 1 aliphatic carbocycles. The van der Waals surface area contributed by atoms with Crippen LogP contribution in [0.4, 0.5) is 31.0 Å². The number of halogens is 2. The SMILES string of the molecule is COc1ccc(F)c(N2Cc3cnc(NCCCCCN4CCN(C)CC4)nc3N(C3CCCC3)C2=O)c1F. The molecular weight excluding hydrogens is 504 g/mol. The molecule has 0 atom stereocenters. The fourth-order valence-corrected chi connectivity index (χ4v) is 5.76. The first-order valence-electron chi connectivity index (χ1n) is 14.1. The van der Waals surface area contributed by atoms with Crippen LogP contribution in [0.1, 0.15) is 50.5 Å². The fourth-order valence-electron chi connectivity index (χ4n) is 5.76. The van der Waals surface area contributed by atoms with E-state index in [1.54, 1.807) is 11.1 Å². The van der Waals surface area contributed by atoms with Gasteiger partial charge in [0.2, 0.25) is 5.95 Å². The summed E-state index contributed by atoms with van der Waals surface area (Å²) in [4.78, 5) is 30.6. The summed E-state index contributed by atoms with van der Waals surface area (Å²) in [5.74, 6) is -0.831. The summed E-state index contributed by atoms with van der Waals surface area (Å²) in [6.45, 7) is 6.41. The smallest absolute Gasteiger partial charge is 0.330 e. The number of urea groups is 1.